The van der Waals surface area contributed by atoms with E-state index in [4.69, 9.17) is 10.00 Å². The van der Waals surface area contributed by atoms with Crippen LogP contribution in [0.1, 0.15) is 27.9 Å². The molecule has 0 unspecified atom stereocenters. The number of ether oxygens (including phenoxy) is 1. The van der Waals surface area contributed by atoms with Gasteiger partial charge in [0, 0.05) is 18.5 Å². The molecule has 0 bridgehead atoms. The molecule has 28 heavy (non-hydrogen) atoms. The molecule has 0 aliphatic carbocycles. The molecule has 2 rings (SSSR count). The van der Waals surface area contributed by atoms with Gasteiger partial charge in [-0.1, -0.05) is 18.2 Å². The Morgan fingerprint density at radius 2 is 1.71 bits per heavy atom. The fourth-order valence-electron chi connectivity index (χ4n) is 2.56. The first kappa shape index (κ1) is 21.4. The molecule has 0 atom stereocenters. The number of nitrogens with one attached hydrogen (secondary N) is 2. The molecule has 2 aromatic carbocycles. The summed E-state index contributed by atoms with van der Waals surface area (Å²) in [4.78, 5) is 12.2. The number of benzene rings is 2. The maximum absolute atomic E-state index is 12.2. The molecule has 0 aromatic heterocycles. The zero-order valence-electron chi connectivity index (χ0n) is 15.9. The van der Waals surface area contributed by atoms with Crippen LogP contribution >= 0.6 is 0 Å². The van der Waals surface area contributed by atoms with Gasteiger partial charge in [0.2, 0.25) is 10.0 Å². The molecule has 0 aliphatic rings. The highest BCUT2D eigenvalue weighted by molar-refractivity contribution is 7.89. The highest BCUT2D eigenvalue weighted by atomic mass is 32.2. The average Bonchev–Trinajstić information content (AvgIpc) is 2.67. The van der Waals surface area contributed by atoms with Gasteiger partial charge in [-0.3, -0.25) is 4.79 Å². The van der Waals surface area contributed by atoms with E-state index >= 15 is 0 Å². The summed E-state index contributed by atoms with van der Waals surface area (Å²) < 4.78 is 32.2. The first-order valence-corrected chi connectivity index (χ1v) is 10.3. The minimum Gasteiger partial charge on any atom is -0.491 e. The molecule has 148 valence electrons. The van der Waals surface area contributed by atoms with Crippen LogP contribution in [0, 0.1) is 25.2 Å². The summed E-state index contributed by atoms with van der Waals surface area (Å²) in [5.41, 5.74) is 2.42. The minimum absolute atomic E-state index is 0.0420. The molecule has 0 saturated heterocycles. The number of hydrogen-bond donors (Lipinski definition) is 2. The Morgan fingerprint density at radius 1 is 1.07 bits per heavy atom. The first-order valence-electron chi connectivity index (χ1n) is 8.79. The summed E-state index contributed by atoms with van der Waals surface area (Å²) in [5.74, 6) is 0.502. The van der Waals surface area contributed by atoms with Crippen LogP contribution in [0.3, 0.4) is 0 Å². The van der Waals surface area contributed by atoms with Crippen LogP contribution in [0.4, 0.5) is 0 Å². The van der Waals surface area contributed by atoms with Crippen LogP contribution in [-0.2, 0) is 10.0 Å². The van der Waals surface area contributed by atoms with Crippen molar-refractivity contribution >= 4 is 15.9 Å². The molecule has 2 aromatic rings. The van der Waals surface area contributed by atoms with E-state index in [1.807, 2.05) is 38.1 Å². The summed E-state index contributed by atoms with van der Waals surface area (Å²) in [6, 6.07) is 13.4. The molecule has 0 saturated carbocycles. The second-order valence-corrected chi connectivity index (χ2v) is 7.92. The summed E-state index contributed by atoms with van der Waals surface area (Å²) in [5, 5.41) is 11.2. The number of nitriles is 1. The second-order valence-electron chi connectivity index (χ2n) is 6.16. The number of amides is 1. The lowest BCUT2D eigenvalue weighted by molar-refractivity contribution is 0.0947. The van der Waals surface area contributed by atoms with E-state index in [2.05, 4.69) is 10.0 Å². The number of carbonyl (C=O) groups excluding carboxylic acids is 1. The number of carbonyl (C=O) groups is 1. The zero-order chi connectivity index (χ0) is 20.6. The van der Waals surface area contributed by atoms with Crippen molar-refractivity contribution in [1.29, 1.82) is 5.26 Å². The molecule has 7 nitrogen and oxygen atoms in total. The lowest BCUT2D eigenvalue weighted by Crippen LogP contribution is -2.28. The molecule has 0 aliphatic heterocycles. The van der Waals surface area contributed by atoms with Gasteiger partial charge >= 0.3 is 0 Å². The predicted molar refractivity (Wildman–Crippen MR) is 106 cm³/mol. The molecule has 1 amide bonds. The highest BCUT2D eigenvalue weighted by Crippen LogP contribution is 2.21. The standard InChI is InChI=1S/C20H23N3O4S/c1-15-5-3-6-16(2)19(15)27-14-13-22-20(24)17-7-9-18(10-8-17)28(25,26)23-12-4-11-21/h3,5-10,23H,4,12-14H2,1-2H3,(H,22,24). The van der Waals surface area contributed by atoms with Crippen molar-refractivity contribution < 1.29 is 17.9 Å². The Balaban J connectivity index is 1.87. The largest absolute Gasteiger partial charge is 0.491 e. The van der Waals surface area contributed by atoms with Gasteiger partial charge in [0.25, 0.3) is 5.91 Å². The third-order valence-electron chi connectivity index (χ3n) is 4.00. The zero-order valence-corrected chi connectivity index (χ0v) is 16.7. The van der Waals surface area contributed by atoms with Crippen molar-refractivity contribution in [3.63, 3.8) is 0 Å². The number of aryl methyl sites for hydroxylation is 2. The molecule has 0 radical (unpaired) electrons. The topological polar surface area (TPSA) is 108 Å². The fourth-order valence-corrected chi connectivity index (χ4v) is 3.59. The van der Waals surface area contributed by atoms with Crippen LogP contribution in [0.5, 0.6) is 5.75 Å². The van der Waals surface area contributed by atoms with Crippen molar-refractivity contribution in [2.24, 2.45) is 0 Å². The molecule has 0 heterocycles. The molecular weight excluding hydrogens is 378 g/mol. The first-order chi connectivity index (χ1) is 13.3. The van der Waals surface area contributed by atoms with E-state index < -0.39 is 10.0 Å². The molecular formula is C20H23N3O4S. The fraction of sp³-hybridized carbons (Fsp3) is 0.300. The SMILES string of the molecule is Cc1cccc(C)c1OCCNC(=O)c1ccc(S(=O)(=O)NCCC#N)cc1. The number of hydrogen-bond acceptors (Lipinski definition) is 5. The Bertz CT molecular complexity index is 944. The normalized spacial score (nSPS) is 10.9. The number of rotatable bonds is 9. The van der Waals surface area contributed by atoms with E-state index in [1.165, 1.54) is 24.3 Å². The second kappa shape index (κ2) is 9.88. The number of para-hydroxylation sites is 1. The summed E-state index contributed by atoms with van der Waals surface area (Å²) in [6.07, 6.45) is 0.0871. The molecule has 0 spiro atoms. The van der Waals surface area contributed by atoms with Crippen molar-refractivity contribution in [3.05, 3.63) is 59.2 Å². The predicted octanol–water partition coefficient (Wildman–Crippen LogP) is 2.30. The van der Waals surface area contributed by atoms with E-state index in [0.717, 1.165) is 16.9 Å². The van der Waals surface area contributed by atoms with Crippen LogP contribution < -0.4 is 14.8 Å². The smallest absolute Gasteiger partial charge is 0.251 e. The van der Waals surface area contributed by atoms with Crippen LogP contribution in [0.15, 0.2) is 47.4 Å². The van der Waals surface area contributed by atoms with Crippen molar-refractivity contribution in [2.75, 3.05) is 19.7 Å². The summed E-state index contributed by atoms with van der Waals surface area (Å²) >= 11 is 0. The van der Waals surface area contributed by atoms with Gasteiger partial charge in [-0.15, -0.1) is 0 Å². The molecule has 0 fully saturated rings. The highest BCUT2D eigenvalue weighted by Gasteiger charge is 2.14. The quantitative estimate of drug-likeness (QED) is 0.627. The molecule has 8 heteroatoms. The summed E-state index contributed by atoms with van der Waals surface area (Å²) in [7, 11) is -3.69. The van der Waals surface area contributed by atoms with Gasteiger partial charge in [0.1, 0.15) is 12.4 Å². The maximum Gasteiger partial charge on any atom is 0.251 e. The Hall–Kier alpha value is -2.89. The third kappa shape index (κ3) is 5.81. The van der Waals surface area contributed by atoms with Gasteiger partial charge < -0.3 is 10.1 Å². The number of sulfonamides is 1. The summed E-state index contributed by atoms with van der Waals surface area (Å²) in [6.45, 7) is 4.62. The third-order valence-corrected chi connectivity index (χ3v) is 5.48. The Morgan fingerprint density at radius 3 is 2.32 bits per heavy atom. The van der Waals surface area contributed by atoms with Crippen LogP contribution in [0.2, 0.25) is 0 Å². The number of nitrogens with zero attached hydrogens (tertiary/aromatic N) is 1. The van der Waals surface area contributed by atoms with Crippen molar-refractivity contribution in [2.45, 2.75) is 25.2 Å². The van der Waals surface area contributed by atoms with Gasteiger partial charge in [-0.25, -0.2) is 13.1 Å². The van der Waals surface area contributed by atoms with E-state index in [1.54, 1.807) is 0 Å². The van der Waals surface area contributed by atoms with Gasteiger partial charge in [0.15, 0.2) is 0 Å². The van der Waals surface area contributed by atoms with Crippen LogP contribution in [0.25, 0.3) is 0 Å². The lowest BCUT2D eigenvalue weighted by Gasteiger charge is -2.12. The van der Waals surface area contributed by atoms with Crippen LogP contribution in [-0.4, -0.2) is 34.0 Å². The van der Waals surface area contributed by atoms with E-state index in [9.17, 15) is 13.2 Å². The average molecular weight is 401 g/mol. The Labute approximate surface area is 165 Å². The van der Waals surface area contributed by atoms with Gasteiger partial charge in [0.05, 0.1) is 17.5 Å². The van der Waals surface area contributed by atoms with Gasteiger partial charge in [-0.2, -0.15) is 5.26 Å². The van der Waals surface area contributed by atoms with E-state index in [0.29, 0.717) is 18.7 Å². The monoisotopic (exact) mass is 401 g/mol. The minimum atomic E-state index is -3.69. The molecule has 2 N–H and O–H groups in total. The lowest BCUT2D eigenvalue weighted by atomic mass is 10.1. The Kier molecular flexibility index (Phi) is 7.55. The van der Waals surface area contributed by atoms with E-state index in [-0.39, 0.29) is 23.8 Å². The van der Waals surface area contributed by atoms with Crippen molar-refractivity contribution in [1.82, 2.24) is 10.0 Å². The van der Waals surface area contributed by atoms with Crippen molar-refractivity contribution in [3.8, 4) is 11.8 Å². The van der Waals surface area contributed by atoms with Gasteiger partial charge in [-0.05, 0) is 49.2 Å². The maximum atomic E-state index is 12.2.